The van der Waals surface area contributed by atoms with E-state index >= 15 is 0 Å². The van der Waals surface area contributed by atoms with E-state index in [1.54, 1.807) is 0 Å². The zero-order valence-electron chi connectivity index (χ0n) is 7.13. The standard InChI is InChI=1S/C6H15ClNOPS/c1-4-6(3)8-10(7,11)9-5-2/h6H,4-5H2,1-3H3,(H,8,11). The topological polar surface area (TPSA) is 21.3 Å². The molecule has 0 saturated heterocycles. The third-order valence-electron chi connectivity index (χ3n) is 1.28. The van der Waals surface area contributed by atoms with Crippen molar-refractivity contribution < 1.29 is 4.52 Å². The van der Waals surface area contributed by atoms with Crippen molar-refractivity contribution in [2.75, 3.05) is 6.61 Å². The normalized spacial score (nSPS) is 19.3. The summed E-state index contributed by atoms with van der Waals surface area (Å²) in [7, 11) is 0. The Morgan fingerprint density at radius 2 is 2.18 bits per heavy atom. The Kier molecular flexibility index (Phi) is 5.93. The third kappa shape index (κ3) is 6.06. The van der Waals surface area contributed by atoms with Crippen molar-refractivity contribution in [2.45, 2.75) is 33.2 Å². The molecule has 1 N–H and O–H groups in total. The van der Waals surface area contributed by atoms with Crippen molar-refractivity contribution in [3.63, 3.8) is 0 Å². The highest BCUT2D eigenvalue weighted by Crippen LogP contribution is 2.48. The zero-order valence-corrected chi connectivity index (χ0v) is 9.60. The first kappa shape index (κ1) is 11.9. The SMILES string of the molecule is CCOP(=S)(Cl)NC(C)CC. The quantitative estimate of drug-likeness (QED) is 0.713. The van der Waals surface area contributed by atoms with E-state index in [1.807, 2.05) is 13.8 Å². The van der Waals surface area contributed by atoms with Gasteiger partial charge in [0, 0.05) is 6.04 Å². The molecule has 5 heteroatoms. The van der Waals surface area contributed by atoms with Gasteiger partial charge in [-0.15, -0.1) is 0 Å². The van der Waals surface area contributed by atoms with Crippen molar-refractivity contribution in [3.8, 4) is 0 Å². The molecule has 0 aliphatic heterocycles. The van der Waals surface area contributed by atoms with Crippen LogP contribution >= 0.6 is 17.0 Å². The van der Waals surface area contributed by atoms with E-state index in [4.69, 9.17) is 27.6 Å². The van der Waals surface area contributed by atoms with Crippen LogP contribution in [0, 0.1) is 0 Å². The Hall–Kier alpha value is 0.860. The summed E-state index contributed by atoms with van der Waals surface area (Å²) in [5.74, 6) is -2.21. The van der Waals surface area contributed by atoms with Crippen molar-refractivity contribution in [3.05, 3.63) is 0 Å². The Labute approximate surface area is 78.6 Å². The summed E-state index contributed by atoms with van der Waals surface area (Å²) in [5, 5.41) is 3.08. The van der Waals surface area contributed by atoms with Gasteiger partial charge in [-0.05, 0) is 43.3 Å². The van der Waals surface area contributed by atoms with Crippen LogP contribution in [0.3, 0.4) is 0 Å². The number of nitrogens with one attached hydrogen (secondary N) is 1. The molecule has 0 amide bonds. The molecule has 0 rings (SSSR count). The van der Waals surface area contributed by atoms with E-state index in [9.17, 15) is 0 Å². The summed E-state index contributed by atoms with van der Waals surface area (Å²) in [5.41, 5.74) is 0. The van der Waals surface area contributed by atoms with Gasteiger partial charge in [0.15, 0.2) is 0 Å². The van der Waals surface area contributed by atoms with Gasteiger partial charge in [0.1, 0.15) is 0 Å². The van der Waals surface area contributed by atoms with Gasteiger partial charge >= 0.3 is 0 Å². The van der Waals surface area contributed by atoms with Gasteiger partial charge in [-0.2, -0.15) is 0 Å². The minimum absolute atomic E-state index is 0.338. The van der Waals surface area contributed by atoms with E-state index in [1.165, 1.54) is 0 Å². The molecule has 0 aliphatic carbocycles. The van der Waals surface area contributed by atoms with E-state index in [-0.39, 0.29) is 0 Å². The van der Waals surface area contributed by atoms with Crippen LogP contribution in [0.1, 0.15) is 27.2 Å². The highest BCUT2D eigenvalue weighted by atomic mass is 35.7. The lowest BCUT2D eigenvalue weighted by molar-refractivity contribution is 0.374. The van der Waals surface area contributed by atoms with Crippen LogP contribution in [0.2, 0.25) is 0 Å². The molecule has 11 heavy (non-hydrogen) atoms. The molecule has 0 saturated carbocycles. The average molecular weight is 216 g/mol. The number of hydrogen-bond donors (Lipinski definition) is 1. The Bertz CT molecular complexity index is 156. The highest BCUT2D eigenvalue weighted by Gasteiger charge is 2.14. The van der Waals surface area contributed by atoms with E-state index in [2.05, 4.69) is 12.0 Å². The molecule has 0 fully saturated rings. The summed E-state index contributed by atoms with van der Waals surface area (Å²) < 4.78 is 5.18. The summed E-state index contributed by atoms with van der Waals surface area (Å²) >= 11 is 10.9. The van der Waals surface area contributed by atoms with Gasteiger partial charge in [0.05, 0.1) is 6.61 Å². The van der Waals surface area contributed by atoms with Crippen LogP contribution in [-0.2, 0) is 16.3 Å². The maximum Gasteiger partial charge on any atom is 0.219 e. The number of halogens is 1. The summed E-state index contributed by atoms with van der Waals surface area (Å²) in [6.07, 6.45) is 1.01. The average Bonchev–Trinajstić information content (AvgIpc) is 1.86. The zero-order chi connectivity index (χ0) is 8.91. The molecule has 0 aromatic carbocycles. The molecule has 0 radical (unpaired) electrons. The van der Waals surface area contributed by atoms with Crippen molar-refractivity contribution in [2.24, 2.45) is 0 Å². The van der Waals surface area contributed by atoms with Gasteiger partial charge in [0.25, 0.3) is 0 Å². The molecular weight excluding hydrogens is 201 g/mol. The summed E-state index contributed by atoms with van der Waals surface area (Å²) in [6.45, 7) is 6.59. The van der Waals surface area contributed by atoms with Crippen molar-refractivity contribution in [1.29, 1.82) is 0 Å². The van der Waals surface area contributed by atoms with Crippen LogP contribution in [0.5, 0.6) is 0 Å². The van der Waals surface area contributed by atoms with E-state index in [0.717, 1.165) is 6.42 Å². The first-order valence-corrected chi connectivity index (χ1v) is 7.36. The lowest BCUT2D eigenvalue weighted by Crippen LogP contribution is -2.20. The highest BCUT2D eigenvalue weighted by molar-refractivity contribution is 8.23. The molecule has 0 aromatic rings. The molecule has 0 spiro atoms. The maximum atomic E-state index is 5.90. The molecule has 0 bridgehead atoms. The van der Waals surface area contributed by atoms with Gasteiger partial charge < -0.3 is 4.52 Å². The second kappa shape index (κ2) is 5.50. The van der Waals surface area contributed by atoms with Gasteiger partial charge in [-0.3, -0.25) is 5.09 Å². The monoisotopic (exact) mass is 215 g/mol. The Balaban J connectivity index is 3.81. The molecule has 0 aliphatic rings. The smallest absolute Gasteiger partial charge is 0.219 e. The van der Waals surface area contributed by atoms with Crippen LogP contribution in [0.4, 0.5) is 0 Å². The molecule has 2 atom stereocenters. The lowest BCUT2D eigenvalue weighted by Gasteiger charge is -2.19. The number of hydrogen-bond acceptors (Lipinski definition) is 2. The van der Waals surface area contributed by atoms with Gasteiger partial charge in [-0.1, -0.05) is 6.92 Å². The predicted molar refractivity (Wildman–Crippen MR) is 54.7 cm³/mol. The minimum atomic E-state index is -2.21. The first-order chi connectivity index (χ1) is 5.02. The van der Waals surface area contributed by atoms with Gasteiger partial charge in [0.2, 0.25) is 5.77 Å². The lowest BCUT2D eigenvalue weighted by atomic mass is 10.3. The molecule has 68 valence electrons. The minimum Gasteiger partial charge on any atom is -0.327 e. The fourth-order valence-corrected chi connectivity index (χ4v) is 3.32. The summed E-state index contributed by atoms with van der Waals surface area (Å²) in [6, 6.07) is 0.338. The Morgan fingerprint density at radius 3 is 2.55 bits per heavy atom. The van der Waals surface area contributed by atoms with E-state index < -0.39 is 5.77 Å². The van der Waals surface area contributed by atoms with Crippen LogP contribution in [-0.4, -0.2) is 12.6 Å². The van der Waals surface area contributed by atoms with E-state index in [0.29, 0.717) is 12.6 Å². The fourth-order valence-electron chi connectivity index (χ4n) is 0.558. The van der Waals surface area contributed by atoms with Crippen LogP contribution in [0.25, 0.3) is 0 Å². The molecule has 2 nitrogen and oxygen atoms in total. The molecular formula is C6H15ClNOPS. The molecule has 0 aromatic heterocycles. The van der Waals surface area contributed by atoms with Crippen LogP contribution < -0.4 is 5.09 Å². The van der Waals surface area contributed by atoms with Crippen molar-refractivity contribution in [1.82, 2.24) is 5.09 Å². The first-order valence-electron chi connectivity index (χ1n) is 3.73. The fraction of sp³-hybridized carbons (Fsp3) is 1.00. The van der Waals surface area contributed by atoms with Gasteiger partial charge in [-0.25, -0.2) is 0 Å². The van der Waals surface area contributed by atoms with Crippen LogP contribution in [0.15, 0.2) is 0 Å². The third-order valence-corrected chi connectivity index (χ3v) is 3.84. The number of rotatable bonds is 5. The molecule has 0 heterocycles. The van der Waals surface area contributed by atoms with Crippen molar-refractivity contribution >= 4 is 28.8 Å². The second-order valence-corrected chi connectivity index (χ2v) is 7.38. The molecule has 2 unspecified atom stereocenters. The summed E-state index contributed by atoms with van der Waals surface area (Å²) in [4.78, 5) is 0. The second-order valence-electron chi connectivity index (χ2n) is 2.34. The predicted octanol–water partition coefficient (Wildman–Crippen LogP) is 2.87. The Morgan fingerprint density at radius 1 is 1.64 bits per heavy atom. The maximum absolute atomic E-state index is 5.90. The largest absolute Gasteiger partial charge is 0.327 e.